The molecule has 0 fully saturated rings. The van der Waals surface area contributed by atoms with E-state index in [0.717, 1.165) is 33.5 Å². The van der Waals surface area contributed by atoms with Crippen molar-refractivity contribution < 1.29 is 9.21 Å². The molecule has 0 saturated carbocycles. The van der Waals surface area contributed by atoms with E-state index in [2.05, 4.69) is 26.3 Å². The molecule has 3 aromatic heterocycles. The number of thiazole rings is 1. The highest BCUT2D eigenvalue weighted by Gasteiger charge is 2.12. The molecular weight excluding hydrogens is 408 g/mol. The summed E-state index contributed by atoms with van der Waals surface area (Å²) in [6.07, 6.45) is 5.32. The lowest BCUT2D eigenvalue weighted by atomic mass is 10.1. The number of amides is 1. The molecule has 0 spiro atoms. The summed E-state index contributed by atoms with van der Waals surface area (Å²) in [5.41, 5.74) is 3.95. The quantitative estimate of drug-likeness (QED) is 0.338. The van der Waals surface area contributed by atoms with Gasteiger partial charge < -0.3 is 14.7 Å². The maximum atomic E-state index is 12.3. The van der Waals surface area contributed by atoms with E-state index < -0.39 is 0 Å². The standard InChI is InChI=1S/C24H20N4O2S/c29-22(11-6-12-23-26-14-21(30-23)16-7-2-1-3-8-16)28-24-27-20(15-31-24)18-13-25-19-10-5-4-9-17(18)19/h1-5,7-10,13-15,25H,6,11-12H2,(H,27,28,29). The van der Waals surface area contributed by atoms with E-state index in [9.17, 15) is 4.79 Å². The summed E-state index contributed by atoms with van der Waals surface area (Å²) in [4.78, 5) is 24.5. The van der Waals surface area contributed by atoms with Crippen LogP contribution in [0.3, 0.4) is 0 Å². The number of benzene rings is 2. The Morgan fingerprint density at radius 3 is 2.84 bits per heavy atom. The minimum Gasteiger partial charge on any atom is -0.441 e. The molecule has 6 nitrogen and oxygen atoms in total. The van der Waals surface area contributed by atoms with Crippen LogP contribution in [0.2, 0.25) is 0 Å². The average molecular weight is 429 g/mol. The van der Waals surface area contributed by atoms with Gasteiger partial charge in [-0.25, -0.2) is 9.97 Å². The fourth-order valence-electron chi connectivity index (χ4n) is 3.48. The lowest BCUT2D eigenvalue weighted by Gasteiger charge is -2.01. The summed E-state index contributed by atoms with van der Waals surface area (Å²) >= 11 is 1.43. The maximum absolute atomic E-state index is 12.3. The molecule has 5 aromatic rings. The molecule has 2 aromatic carbocycles. The molecule has 0 aliphatic rings. The Hall–Kier alpha value is -3.71. The number of fused-ring (bicyclic) bond motifs is 1. The van der Waals surface area contributed by atoms with Gasteiger partial charge in [0.05, 0.1) is 11.9 Å². The van der Waals surface area contributed by atoms with Crippen molar-refractivity contribution in [2.75, 3.05) is 5.32 Å². The molecule has 3 heterocycles. The van der Waals surface area contributed by atoms with Crippen molar-refractivity contribution >= 4 is 33.3 Å². The van der Waals surface area contributed by atoms with Gasteiger partial charge in [-0.1, -0.05) is 48.5 Å². The summed E-state index contributed by atoms with van der Waals surface area (Å²) in [6, 6.07) is 17.9. The Kier molecular flexibility index (Phi) is 5.33. The second-order valence-electron chi connectivity index (χ2n) is 7.17. The minimum atomic E-state index is -0.0605. The molecule has 154 valence electrons. The van der Waals surface area contributed by atoms with E-state index in [1.807, 2.05) is 60.1 Å². The van der Waals surface area contributed by atoms with Crippen LogP contribution < -0.4 is 5.32 Å². The van der Waals surface area contributed by atoms with E-state index in [0.29, 0.717) is 30.3 Å². The molecule has 0 atom stereocenters. The zero-order chi connectivity index (χ0) is 21.0. The number of H-pyrrole nitrogens is 1. The third-order valence-electron chi connectivity index (χ3n) is 5.02. The minimum absolute atomic E-state index is 0.0605. The number of anilines is 1. The van der Waals surface area contributed by atoms with E-state index >= 15 is 0 Å². The molecular formula is C24H20N4O2S. The number of aromatic amines is 1. The highest BCUT2D eigenvalue weighted by atomic mass is 32.1. The molecule has 0 saturated heterocycles. The molecule has 0 radical (unpaired) electrons. The molecule has 0 aliphatic carbocycles. The predicted octanol–water partition coefficient (Wildman–Crippen LogP) is 5.91. The largest absolute Gasteiger partial charge is 0.441 e. The zero-order valence-electron chi connectivity index (χ0n) is 16.7. The van der Waals surface area contributed by atoms with Crippen LogP contribution in [0.15, 0.2) is 76.8 Å². The van der Waals surface area contributed by atoms with Crippen molar-refractivity contribution in [1.29, 1.82) is 0 Å². The Balaban J connectivity index is 1.15. The van der Waals surface area contributed by atoms with Crippen LogP contribution in [0.1, 0.15) is 18.7 Å². The first-order valence-electron chi connectivity index (χ1n) is 10.1. The molecule has 1 amide bonds. The summed E-state index contributed by atoms with van der Waals surface area (Å²) in [5.74, 6) is 1.32. The first-order valence-corrected chi connectivity index (χ1v) is 11.0. The zero-order valence-corrected chi connectivity index (χ0v) is 17.5. The number of carbonyl (C=O) groups is 1. The molecule has 7 heteroatoms. The van der Waals surface area contributed by atoms with Gasteiger partial charge in [-0.15, -0.1) is 11.3 Å². The Labute approximate surface area is 183 Å². The summed E-state index contributed by atoms with van der Waals surface area (Å²) < 4.78 is 5.79. The van der Waals surface area contributed by atoms with Gasteiger partial charge in [0.1, 0.15) is 0 Å². The van der Waals surface area contributed by atoms with Crippen molar-refractivity contribution in [1.82, 2.24) is 15.0 Å². The number of aromatic nitrogens is 3. The smallest absolute Gasteiger partial charge is 0.226 e. The first-order chi connectivity index (χ1) is 15.3. The fourth-order valence-corrected chi connectivity index (χ4v) is 4.21. The van der Waals surface area contributed by atoms with Gasteiger partial charge in [0.25, 0.3) is 0 Å². The van der Waals surface area contributed by atoms with Gasteiger partial charge in [-0.05, 0) is 12.5 Å². The van der Waals surface area contributed by atoms with E-state index in [1.165, 1.54) is 11.3 Å². The van der Waals surface area contributed by atoms with E-state index in [-0.39, 0.29) is 5.91 Å². The van der Waals surface area contributed by atoms with Gasteiger partial charge >= 0.3 is 0 Å². The maximum Gasteiger partial charge on any atom is 0.226 e. The van der Waals surface area contributed by atoms with Crippen molar-refractivity contribution in [2.45, 2.75) is 19.3 Å². The van der Waals surface area contributed by atoms with Crippen molar-refractivity contribution in [3.05, 3.63) is 78.3 Å². The second kappa shape index (κ2) is 8.57. The number of hydrogen-bond acceptors (Lipinski definition) is 5. The van der Waals surface area contributed by atoms with Crippen LogP contribution in [0.25, 0.3) is 33.5 Å². The Morgan fingerprint density at radius 2 is 1.94 bits per heavy atom. The van der Waals surface area contributed by atoms with Gasteiger partial charge in [-0.2, -0.15) is 0 Å². The number of hydrogen-bond donors (Lipinski definition) is 2. The molecule has 0 aliphatic heterocycles. The third kappa shape index (κ3) is 4.27. The Bertz CT molecular complexity index is 1320. The average Bonchev–Trinajstić information content (AvgIpc) is 3.54. The number of rotatable bonds is 7. The van der Waals surface area contributed by atoms with Gasteiger partial charge in [0.2, 0.25) is 5.91 Å². The monoisotopic (exact) mass is 428 g/mol. The SMILES string of the molecule is O=C(CCCc1ncc(-c2ccccc2)o1)Nc1nc(-c2c[nH]c3ccccc23)cs1. The molecule has 0 bridgehead atoms. The van der Waals surface area contributed by atoms with E-state index in [1.54, 1.807) is 6.20 Å². The van der Waals surface area contributed by atoms with Crippen molar-refractivity contribution in [2.24, 2.45) is 0 Å². The van der Waals surface area contributed by atoms with Gasteiger partial charge in [0.15, 0.2) is 16.8 Å². The van der Waals surface area contributed by atoms with Crippen molar-refractivity contribution in [3.8, 4) is 22.6 Å². The Morgan fingerprint density at radius 1 is 1.10 bits per heavy atom. The van der Waals surface area contributed by atoms with Crippen LogP contribution in [0.4, 0.5) is 5.13 Å². The first kappa shape index (κ1) is 19.3. The topological polar surface area (TPSA) is 83.8 Å². The number of nitrogens with zero attached hydrogens (tertiary/aromatic N) is 2. The third-order valence-corrected chi connectivity index (χ3v) is 5.78. The number of carbonyl (C=O) groups excluding carboxylic acids is 1. The summed E-state index contributed by atoms with van der Waals surface area (Å²) in [7, 11) is 0. The highest BCUT2D eigenvalue weighted by molar-refractivity contribution is 7.14. The molecule has 5 rings (SSSR count). The van der Waals surface area contributed by atoms with Crippen LogP contribution in [-0.4, -0.2) is 20.9 Å². The fraction of sp³-hybridized carbons (Fsp3) is 0.125. The highest BCUT2D eigenvalue weighted by Crippen LogP contribution is 2.31. The van der Waals surface area contributed by atoms with Gasteiger partial charge in [-0.3, -0.25) is 4.79 Å². The van der Waals surface area contributed by atoms with Crippen LogP contribution in [-0.2, 0) is 11.2 Å². The van der Waals surface area contributed by atoms with Crippen LogP contribution in [0, 0.1) is 0 Å². The number of aryl methyl sites for hydroxylation is 1. The lowest BCUT2D eigenvalue weighted by molar-refractivity contribution is -0.116. The normalized spacial score (nSPS) is 11.1. The lowest BCUT2D eigenvalue weighted by Crippen LogP contribution is -2.11. The van der Waals surface area contributed by atoms with Crippen LogP contribution in [0.5, 0.6) is 0 Å². The number of nitrogens with one attached hydrogen (secondary N) is 2. The molecule has 2 N–H and O–H groups in total. The molecule has 0 unspecified atom stereocenters. The predicted molar refractivity (Wildman–Crippen MR) is 123 cm³/mol. The summed E-state index contributed by atoms with van der Waals surface area (Å²) in [6.45, 7) is 0. The van der Waals surface area contributed by atoms with Gasteiger partial charge in [0, 0.05) is 46.4 Å². The van der Waals surface area contributed by atoms with E-state index in [4.69, 9.17) is 4.42 Å². The van der Waals surface area contributed by atoms with Crippen LogP contribution >= 0.6 is 11.3 Å². The number of oxazole rings is 1. The van der Waals surface area contributed by atoms with Crippen molar-refractivity contribution in [3.63, 3.8) is 0 Å². The summed E-state index contributed by atoms with van der Waals surface area (Å²) in [5, 5.41) is 6.58. The number of para-hydroxylation sites is 1. The molecule has 31 heavy (non-hydrogen) atoms. The second-order valence-corrected chi connectivity index (χ2v) is 8.03.